The predicted molar refractivity (Wildman–Crippen MR) is 77.6 cm³/mol. The van der Waals surface area contributed by atoms with E-state index < -0.39 is 0 Å². The third-order valence-corrected chi connectivity index (χ3v) is 6.36. The molecule has 1 atom stereocenters. The summed E-state index contributed by atoms with van der Waals surface area (Å²) in [4.78, 5) is 0. The van der Waals surface area contributed by atoms with E-state index in [0.29, 0.717) is 0 Å². The second kappa shape index (κ2) is 5.23. The van der Waals surface area contributed by atoms with Crippen molar-refractivity contribution >= 4 is 39.5 Å². The van der Waals surface area contributed by atoms with Crippen molar-refractivity contribution in [3.63, 3.8) is 0 Å². The van der Waals surface area contributed by atoms with Gasteiger partial charge in [0, 0.05) is 16.5 Å². The average Bonchev–Trinajstić information content (AvgIpc) is 2.30. The van der Waals surface area contributed by atoms with E-state index in [4.69, 9.17) is 4.74 Å². The maximum absolute atomic E-state index is 5.73. The van der Waals surface area contributed by atoms with E-state index in [1.807, 2.05) is 29.6 Å². The van der Waals surface area contributed by atoms with Crippen molar-refractivity contribution in [2.45, 2.75) is 17.4 Å². The fourth-order valence-electron chi connectivity index (χ4n) is 2.01. The lowest BCUT2D eigenvalue weighted by molar-refractivity contribution is 0.280. The van der Waals surface area contributed by atoms with E-state index in [1.165, 1.54) is 5.56 Å². The molecule has 1 aromatic rings. The molecular weight excluding hydrogens is 304 g/mol. The molecule has 4 heteroatoms. The molecule has 0 fully saturated rings. The highest BCUT2D eigenvalue weighted by atomic mass is 79.9. The molecule has 1 nitrogen and oxygen atoms in total. The summed E-state index contributed by atoms with van der Waals surface area (Å²) in [7, 11) is 0. The largest absolute Gasteiger partial charge is 0.493 e. The number of fused-ring (bicyclic) bond motifs is 1. The van der Waals surface area contributed by atoms with Crippen LogP contribution >= 0.6 is 39.5 Å². The maximum Gasteiger partial charge on any atom is 0.124 e. The van der Waals surface area contributed by atoms with Crippen LogP contribution in [0.1, 0.15) is 18.9 Å². The number of halogens is 1. The van der Waals surface area contributed by atoms with Crippen LogP contribution in [0.3, 0.4) is 0 Å². The smallest absolute Gasteiger partial charge is 0.124 e. The maximum atomic E-state index is 5.73. The van der Waals surface area contributed by atoms with Crippen LogP contribution in [0.5, 0.6) is 5.75 Å². The molecule has 1 aliphatic heterocycles. The lowest BCUT2D eigenvalue weighted by Gasteiger charge is -2.37. The summed E-state index contributed by atoms with van der Waals surface area (Å²) < 4.78 is 7.04. The number of thioether (sulfide) groups is 2. The van der Waals surface area contributed by atoms with Gasteiger partial charge in [-0.25, -0.2) is 0 Å². The third kappa shape index (κ3) is 2.24. The van der Waals surface area contributed by atoms with E-state index in [0.717, 1.165) is 29.0 Å². The lowest BCUT2D eigenvalue weighted by Crippen LogP contribution is -2.26. The Hall–Kier alpha value is 0.200. The molecule has 0 aromatic heterocycles. The minimum absolute atomic E-state index is 0.173. The van der Waals surface area contributed by atoms with E-state index in [9.17, 15) is 0 Å². The van der Waals surface area contributed by atoms with Crippen LogP contribution in [0.4, 0.5) is 0 Å². The summed E-state index contributed by atoms with van der Waals surface area (Å²) in [5.74, 6) is 2.18. The fourth-order valence-corrected chi connectivity index (χ4v) is 4.87. The first-order valence-corrected chi connectivity index (χ1v) is 8.34. The molecule has 0 bridgehead atoms. The summed E-state index contributed by atoms with van der Waals surface area (Å²) in [5.41, 5.74) is 1.33. The molecule has 0 radical (unpaired) electrons. The monoisotopic (exact) mass is 318 g/mol. The molecule has 1 aliphatic rings. The first kappa shape index (κ1) is 12.7. The van der Waals surface area contributed by atoms with Crippen LogP contribution in [0.25, 0.3) is 0 Å². The fraction of sp³-hybridized carbons (Fsp3) is 0.500. The second-order valence-corrected chi connectivity index (χ2v) is 7.47. The normalized spacial score (nSPS) is 23.7. The highest BCUT2D eigenvalue weighted by Gasteiger charge is 2.37. The van der Waals surface area contributed by atoms with Gasteiger partial charge >= 0.3 is 0 Å². The molecule has 2 rings (SSSR count). The third-order valence-electron chi connectivity index (χ3n) is 2.75. The van der Waals surface area contributed by atoms with E-state index in [2.05, 4.69) is 41.2 Å². The Balaban J connectivity index is 2.47. The standard InChI is InChI=1S/C12H15BrOS2/c1-3-16-12(15-2)6-7-14-11-5-4-9(13)8-10(11)12/h4-5,8H,3,6-7H2,1-2H3. The van der Waals surface area contributed by atoms with Crippen molar-refractivity contribution in [2.24, 2.45) is 0 Å². The van der Waals surface area contributed by atoms with Gasteiger partial charge in [-0.1, -0.05) is 22.9 Å². The van der Waals surface area contributed by atoms with Crippen molar-refractivity contribution < 1.29 is 4.74 Å². The quantitative estimate of drug-likeness (QED) is 0.759. The second-order valence-electron chi connectivity index (χ2n) is 3.63. The Morgan fingerprint density at radius 2 is 2.31 bits per heavy atom. The molecule has 0 aliphatic carbocycles. The zero-order valence-corrected chi connectivity index (χ0v) is 12.7. The van der Waals surface area contributed by atoms with Crippen LogP contribution in [0, 0.1) is 0 Å². The Morgan fingerprint density at radius 3 is 3.00 bits per heavy atom. The van der Waals surface area contributed by atoms with Crippen molar-refractivity contribution in [2.75, 3.05) is 18.6 Å². The number of hydrogen-bond donors (Lipinski definition) is 0. The van der Waals surface area contributed by atoms with Gasteiger partial charge in [0.15, 0.2) is 0 Å². The Morgan fingerprint density at radius 1 is 1.50 bits per heavy atom. The molecule has 0 saturated carbocycles. The molecule has 1 heterocycles. The summed E-state index contributed by atoms with van der Waals surface area (Å²) in [5, 5.41) is 0. The predicted octanol–water partition coefficient (Wildman–Crippen LogP) is 4.50. The van der Waals surface area contributed by atoms with Crippen molar-refractivity contribution in [1.29, 1.82) is 0 Å². The molecular formula is C12H15BrOS2. The minimum Gasteiger partial charge on any atom is -0.493 e. The van der Waals surface area contributed by atoms with Gasteiger partial charge in [0.05, 0.1) is 10.7 Å². The average molecular weight is 319 g/mol. The highest BCUT2D eigenvalue weighted by Crippen LogP contribution is 2.53. The molecule has 0 saturated heterocycles. The van der Waals surface area contributed by atoms with Crippen molar-refractivity contribution in [3.05, 3.63) is 28.2 Å². The highest BCUT2D eigenvalue weighted by molar-refractivity contribution is 9.10. The van der Waals surface area contributed by atoms with Crippen molar-refractivity contribution in [1.82, 2.24) is 0 Å². The van der Waals surface area contributed by atoms with Crippen LogP contribution in [0.2, 0.25) is 0 Å². The summed E-state index contributed by atoms with van der Waals surface area (Å²) >= 11 is 7.49. The van der Waals surface area contributed by atoms with Crippen LogP contribution in [-0.2, 0) is 4.08 Å². The molecule has 1 aromatic carbocycles. The van der Waals surface area contributed by atoms with Gasteiger partial charge in [-0.15, -0.1) is 23.5 Å². The SMILES string of the molecule is CCSC1(SC)CCOc2ccc(Br)cc21. The van der Waals surface area contributed by atoms with Crippen LogP contribution in [0.15, 0.2) is 22.7 Å². The van der Waals surface area contributed by atoms with Gasteiger partial charge in [0.2, 0.25) is 0 Å². The van der Waals surface area contributed by atoms with Crippen molar-refractivity contribution in [3.8, 4) is 5.75 Å². The summed E-state index contributed by atoms with van der Waals surface area (Å²) in [6, 6.07) is 6.32. The van der Waals surface area contributed by atoms with Gasteiger partial charge < -0.3 is 4.74 Å². The zero-order valence-electron chi connectivity index (χ0n) is 9.46. The van der Waals surface area contributed by atoms with E-state index in [1.54, 1.807) is 0 Å². The topological polar surface area (TPSA) is 9.23 Å². The van der Waals surface area contributed by atoms with Gasteiger partial charge in [-0.05, 0) is 30.2 Å². The minimum atomic E-state index is 0.173. The van der Waals surface area contributed by atoms with Crippen LogP contribution < -0.4 is 4.74 Å². The van der Waals surface area contributed by atoms with Crippen LogP contribution in [-0.4, -0.2) is 18.6 Å². The van der Waals surface area contributed by atoms with E-state index >= 15 is 0 Å². The van der Waals surface area contributed by atoms with Gasteiger partial charge in [0.1, 0.15) is 5.75 Å². The Labute approximate surface area is 114 Å². The van der Waals surface area contributed by atoms with Gasteiger partial charge in [0.25, 0.3) is 0 Å². The molecule has 16 heavy (non-hydrogen) atoms. The molecule has 0 spiro atoms. The molecule has 0 N–H and O–H groups in total. The number of ether oxygens (including phenoxy) is 1. The van der Waals surface area contributed by atoms with Gasteiger partial charge in [-0.2, -0.15) is 0 Å². The molecule has 1 unspecified atom stereocenters. The number of benzene rings is 1. The Bertz CT molecular complexity index is 383. The zero-order chi connectivity index (χ0) is 11.6. The molecule has 88 valence electrons. The van der Waals surface area contributed by atoms with Gasteiger partial charge in [-0.3, -0.25) is 0 Å². The first-order valence-electron chi connectivity index (χ1n) is 5.34. The van der Waals surface area contributed by atoms with E-state index in [-0.39, 0.29) is 4.08 Å². The molecule has 0 amide bonds. The summed E-state index contributed by atoms with van der Waals surface area (Å²) in [6.07, 6.45) is 3.27. The first-order chi connectivity index (χ1) is 7.72. The Kier molecular flexibility index (Phi) is 4.14. The summed E-state index contributed by atoms with van der Waals surface area (Å²) in [6.45, 7) is 3.04. The number of rotatable bonds is 3. The lowest BCUT2D eigenvalue weighted by atomic mass is 10.1. The number of hydrogen-bond acceptors (Lipinski definition) is 3.